The van der Waals surface area contributed by atoms with E-state index in [9.17, 15) is 9.18 Å². The predicted octanol–water partition coefficient (Wildman–Crippen LogP) is 4.25. The van der Waals surface area contributed by atoms with E-state index < -0.39 is 5.82 Å². The molecule has 0 saturated carbocycles. The zero-order chi connectivity index (χ0) is 20.1. The van der Waals surface area contributed by atoms with Gasteiger partial charge in [0.05, 0.1) is 22.5 Å². The van der Waals surface area contributed by atoms with E-state index in [1.54, 1.807) is 18.3 Å². The van der Waals surface area contributed by atoms with Crippen LogP contribution in [0.5, 0.6) is 0 Å². The fourth-order valence-corrected chi connectivity index (χ4v) is 3.13. The second-order valence-corrected chi connectivity index (χ2v) is 6.52. The Bertz CT molecular complexity index is 1110. The van der Waals surface area contributed by atoms with Crippen molar-refractivity contribution in [2.24, 2.45) is 0 Å². The molecule has 6 heteroatoms. The number of aromatic nitrogens is 3. The largest absolute Gasteiger partial charge is 0.352 e. The highest BCUT2D eigenvalue weighted by molar-refractivity contribution is 6.00. The van der Waals surface area contributed by atoms with Crippen LogP contribution in [0.1, 0.15) is 16.1 Å². The Labute approximate surface area is 167 Å². The van der Waals surface area contributed by atoms with Crippen LogP contribution in [-0.4, -0.2) is 27.6 Å². The molecule has 0 spiro atoms. The molecule has 0 unspecified atom stereocenters. The quantitative estimate of drug-likeness (QED) is 0.520. The number of rotatable bonds is 6. The van der Waals surface area contributed by atoms with Gasteiger partial charge in [0.2, 0.25) is 0 Å². The molecule has 0 radical (unpaired) electrons. The summed E-state index contributed by atoms with van der Waals surface area (Å²) in [6.45, 7) is 0.404. The lowest BCUT2D eigenvalue weighted by molar-refractivity contribution is 0.0954. The van der Waals surface area contributed by atoms with Crippen molar-refractivity contribution < 1.29 is 9.18 Å². The van der Waals surface area contributed by atoms with Crippen molar-refractivity contribution >= 4 is 5.91 Å². The van der Waals surface area contributed by atoms with Crippen molar-refractivity contribution in [2.45, 2.75) is 6.42 Å². The van der Waals surface area contributed by atoms with E-state index >= 15 is 0 Å². The average Bonchev–Trinajstić information content (AvgIpc) is 3.24. The number of aromatic amines is 1. The van der Waals surface area contributed by atoms with Gasteiger partial charge in [-0.15, -0.1) is 0 Å². The van der Waals surface area contributed by atoms with Crippen molar-refractivity contribution in [2.75, 3.05) is 6.54 Å². The summed E-state index contributed by atoms with van der Waals surface area (Å²) in [5, 5.41) is 10.0. The monoisotopic (exact) mass is 386 g/mol. The number of nitrogens with zero attached hydrogens (tertiary/aromatic N) is 2. The number of benzene rings is 2. The predicted molar refractivity (Wildman–Crippen MR) is 110 cm³/mol. The summed E-state index contributed by atoms with van der Waals surface area (Å²) in [5.41, 5.74) is 3.39. The molecular weight excluding hydrogens is 367 g/mol. The van der Waals surface area contributed by atoms with Crippen molar-refractivity contribution in [3.63, 3.8) is 0 Å². The van der Waals surface area contributed by atoms with E-state index in [1.807, 2.05) is 48.5 Å². The summed E-state index contributed by atoms with van der Waals surface area (Å²) in [4.78, 5) is 17.0. The molecule has 0 aliphatic carbocycles. The van der Waals surface area contributed by atoms with Crippen LogP contribution in [-0.2, 0) is 6.42 Å². The highest BCUT2D eigenvalue weighted by Crippen LogP contribution is 2.28. The van der Waals surface area contributed by atoms with Crippen LogP contribution < -0.4 is 5.32 Å². The van der Waals surface area contributed by atoms with Crippen LogP contribution in [0, 0.1) is 5.82 Å². The number of amides is 1. The molecule has 2 aromatic heterocycles. The van der Waals surface area contributed by atoms with E-state index in [0.717, 1.165) is 17.0 Å². The molecule has 2 aromatic carbocycles. The second kappa shape index (κ2) is 8.48. The van der Waals surface area contributed by atoms with Gasteiger partial charge in [-0.2, -0.15) is 5.10 Å². The number of halogens is 1. The smallest absolute Gasteiger partial charge is 0.252 e. The van der Waals surface area contributed by atoms with Crippen molar-refractivity contribution in [1.82, 2.24) is 20.5 Å². The van der Waals surface area contributed by atoms with Crippen LogP contribution in [0.2, 0.25) is 0 Å². The molecule has 0 fully saturated rings. The topological polar surface area (TPSA) is 70.7 Å². The lowest BCUT2D eigenvalue weighted by Gasteiger charge is -2.09. The van der Waals surface area contributed by atoms with E-state index in [1.165, 1.54) is 12.1 Å². The number of carbonyl (C=O) groups excluding carboxylic acids is 1. The van der Waals surface area contributed by atoms with E-state index in [4.69, 9.17) is 0 Å². The zero-order valence-electron chi connectivity index (χ0n) is 15.6. The Morgan fingerprint density at radius 2 is 1.83 bits per heavy atom. The first kappa shape index (κ1) is 18.6. The van der Waals surface area contributed by atoms with Crippen LogP contribution >= 0.6 is 0 Å². The number of pyridine rings is 1. The van der Waals surface area contributed by atoms with Crippen molar-refractivity contribution in [1.29, 1.82) is 0 Å². The summed E-state index contributed by atoms with van der Waals surface area (Å²) in [5.74, 6) is -0.840. The standard InChI is InChI=1S/C23H19FN4O/c24-19-11-6-10-18(23(29)26-14-12-17-9-4-5-13-25-17)22(19)21-15-20(27-28-21)16-7-2-1-3-8-16/h1-11,13,15H,12,14H2,(H,26,29)(H,27,28). The van der Waals surface area contributed by atoms with E-state index in [0.29, 0.717) is 18.7 Å². The third kappa shape index (κ3) is 4.21. The first-order valence-corrected chi connectivity index (χ1v) is 9.30. The lowest BCUT2D eigenvalue weighted by Crippen LogP contribution is -2.26. The molecule has 29 heavy (non-hydrogen) atoms. The number of hydrogen-bond donors (Lipinski definition) is 2. The van der Waals surface area contributed by atoms with Crippen LogP contribution in [0.3, 0.4) is 0 Å². The van der Waals surface area contributed by atoms with Crippen molar-refractivity contribution in [3.05, 3.63) is 96.1 Å². The number of H-pyrrole nitrogens is 1. The van der Waals surface area contributed by atoms with Gasteiger partial charge >= 0.3 is 0 Å². The maximum absolute atomic E-state index is 14.7. The molecule has 2 heterocycles. The Kier molecular flexibility index (Phi) is 5.42. The average molecular weight is 386 g/mol. The molecule has 4 rings (SSSR count). The Morgan fingerprint density at radius 1 is 1.00 bits per heavy atom. The van der Waals surface area contributed by atoms with Crippen molar-refractivity contribution in [3.8, 4) is 22.5 Å². The molecule has 0 bridgehead atoms. The minimum Gasteiger partial charge on any atom is -0.352 e. The third-order valence-corrected chi connectivity index (χ3v) is 4.57. The Hall–Kier alpha value is -3.80. The highest BCUT2D eigenvalue weighted by atomic mass is 19.1. The fourth-order valence-electron chi connectivity index (χ4n) is 3.13. The van der Waals surface area contributed by atoms with E-state index in [-0.39, 0.29) is 17.0 Å². The van der Waals surface area contributed by atoms with Gasteiger partial charge in [0.1, 0.15) is 5.82 Å². The van der Waals surface area contributed by atoms with Gasteiger partial charge in [0.25, 0.3) is 5.91 Å². The molecular formula is C23H19FN4O. The summed E-state index contributed by atoms with van der Waals surface area (Å²) in [7, 11) is 0. The zero-order valence-corrected chi connectivity index (χ0v) is 15.6. The molecule has 0 atom stereocenters. The van der Waals surface area contributed by atoms with Crippen LogP contribution in [0.4, 0.5) is 4.39 Å². The summed E-state index contributed by atoms with van der Waals surface area (Å²) < 4.78 is 14.7. The molecule has 144 valence electrons. The molecule has 4 aromatic rings. The van der Waals surface area contributed by atoms with Gasteiger partial charge in [0.15, 0.2) is 0 Å². The summed E-state index contributed by atoms with van der Waals surface area (Å²) in [6, 6.07) is 21.5. The SMILES string of the molecule is O=C(NCCc1ccccn1)c1cccc(F)c1-c1cc(-c2ccccc2)[nH]n1. The first-order valence-electron chi connectivity index (χ1n) is 9.30. The van der Waals surface area contributed by atoms with Gasteiger partial charge in [-0.25, -0.2) is 4.39 Å². The maximum Gasteiger partial charge on any atom is 0.252 e. The van der Waals surface area contributed by atoms with Gasteiger partial charge in [-0.05, 0) is 35.9 Å². The summed E-state index contributed by atoms with van der Waals surface area (Å²) >= 11 is 0. The number of carbonyl (C=O) groups is 1. The normalized spacial score (nSPS) is 10.7. The Morgan fingerprint density at radius 3 is 2.62 bits per heavy atom. The van der Waals surface area contributed by atoms with Gasteiger partial charge in [0, 0.05) is 24.9 Å². The molecule has 0 aliphatic rings. The van der Waals surface area contributed by atoms with E-state index in [2.05, 4.69) is 20.5 Å². The minimum atomic E-state index is -0.492. The van der Waals surface area contributed by atoms with Crippen LogP contribution in [0.15, 0.2) is 79.0 Å². The van der Waals surface area contributed by atoms with Gasteiger partial charge in [-0.3, -0.25) is 14.9 Å². The minimum absolute atomic E-state index is 0.182. The molecule has 5 nitrogen and oxygen atoms in total. The van der Waals surface area contributed by atoms with Crippen LogP contribution in [0.25, 0.3) is 22.5 Å². The Balaban J connectivity index is 1.56. The number of nitrogens with one attached hydrogen (secondary N) is 2. The maximum atomic E-state index is 14.7. The van der Waals surface area contributed by atoms with Gasteiger partial charge in [-0.1, -0.05) is 42.5 Å². The fraction of sp³-hybridized carbons (Fsp3) is 0.0870. The molecule has 2 N–H and O–H groups in total. The van der Waals surface area contributed by atoms with Gasteiger partial charge < -0.3 is 5.32 Å². The molecule has 0 aliphatic heterocycles. The first-order chi connectivity index (χ1) is 14.2. The highest BCUT2D eigenvalue weighted by Gasteiger charge is 2.19. The number of hydrogen-bond acceptors (Lipinski definition) is 3. The second-order valence-electron chi connectivity index (χ2n) is 6.52. The third-order valence-electron chi connectivity index (χ3n) is 4.57. The molecule has 1 amide bonds. The molecule has 0 saturated heterocycles. The lowest BCUT2D eigenvalue weighted by atomic mass is 10.0. The summed E-state index contributed by atoms with van der Waals surface area (Å²) in [6.07, 6.45) is 2.31.